The Hall–Kier alpha value is -2.37. The number of imidazole rings is 1. The van der Waals surface area contributed by atoms with Crippen molar-refractivity contribution in [2.24, 2.45) is 0 Å². The van der Waals surface area contributed by atoms with E-state index in [2.05, 4.69) is 9.97 Å². The fraction of sp³-hybridized carbons (Fsp3) is 0.182. The van der Waals surface area contributed by atoms with Crippen LogP contribution in [0.25, 0.3) is 5.82 Å². The molecular weight excluding hydrogens is 220 g/mol. The van der Waals surface area contributed by atoms with Gasteiger partial charge in [-0.2, -0.15) is 0 Å². The molecule has 0 unspecified atom stereocenters. The van der Waals surface area contributed by atoms with Gasteiger partial charge in [-0.3, -0.25) is 4.57 Å². The standard InChI is InChI=1S/C11H12N4O2/c1-2-17-11(16)9-5-8(12)6-14-10(9)15-4-3-13-7-15/h3-7H,2,12H2,1H3. The van der Waals surface area contributed by atoms with Gasteiger partial charge in [-0.25, -0.2) is 14.8 Å². The molecule has 6 nitrogen and oxygen atoms in total. The number of hydrogen-bond acceptors (Lipinski definition) is 5. The second-order valence-electron chi connectivity index (χ2n) is 3.33. The third-order valence-electron chi connectivity index (χ3n) is 2.13. The average Bonchev–Trinajstić information content (AvgIpc) is 2.82. The first-order valence-corrected chi connectivity index (χ1v) is 5.13. The van der Waals surface area contributed by atoms with E-state index in [1.807, 2.05) is 0 Å². The molecule has 2 N–H and O–H groups in total. The second kappa shape index (κ2) is 4.65. The monoisotopic (exact) mass is 232 g/mol. The Morgan fingerprint density at radius 1 is 1.59 bits per heavy atom. The summed E-state index contributed by atoms with van der Waals surface area (Å²) in [5, 5.41) is 0. The van der Waals surface area contributed by atoms with Crippen LogP contribution in [0.15, 0.2) is 31.0 Å². The van der Waals surface area contributed by atoms with Crippen LogP contribution in [0, 0.1) is 0 Å². The van der Waals surface area contributed by atoms with Crippen LogP contribution in [-0.4, -0.2) is 27.1 Å². The van der Waals surface area contributed by atoms with Crippen molar-refractivity contribution in [3.8, 4) is 5.82 Å². The number of nitrogens with two attached hydrogens (primary N) is 1. The normalized spacial score (nSPS) is 10.2. The molecule has 0 aliphatic carbocycles. The lowest BCUT2D eigenvalue weighted by Gasteiger charge is -2.08. The first-order chi connectivity index (χ1) is 8.22. The van der Waals surface area contributed by atoms with Crippen molar-refractivity contribution in [3.63, 3.8) is 0 Å². The topological polar surface area (TPSA) is 83.0 Å². The lowest BCUT2D eigenvalue weighted by molar-refractivity contribution is 0.0526. The van der Waals surface area contributed by atoms with Gasteiger partial charge in [0.15, 0.2) is 5.82 Å². The number of aromatic nitrogens is 3. The minimum Gasteiger partial charge on any atom is -0.462 e. The van der Waals surface area contributed by atoms with Crippen LogP contribution in [0.3, 0.4) is 0 Å². The number of nitrogens with zero attached hydrogens (tertiary/aromatic N) is 3. The molecule has 0 fully saturated rings. The summed E-state index contributed by atoms with van der Waals surface area (Å²) in [6.45, 7) is 2.05. The van der Waals surface area contributed by atoms with Gasteiger partial charge in [0.2, 0.25) is 0 Å². The Labute approximate surface area is 98.1 Å². The second-order valence-corrected chi connectivity index (χ2v) is 3.33. The summed E-state index contributed by atoms with van der Waals surface area (Å²) < 4.78 is 6.58. The van der Waals surface area contributed by atoms with Crippen LogP contribution >= 0.6 is 0 Å². The van der Waals surface area contributed by atoms with Crippen molar-refractivity contribution in [3.05, 3.63) is 36.5 Å². The summed E-state index contributed by atoms with van der Waals surface area (Å²) in [6, 6.07) is 1.54. The highest BCUT2D eigenvalue weighted by molar-refractivity contribution is 5.93. The number of esters is 1. The molecule has 0 aromatic carbocycles. The number of ether oxygens (including phenoxy) is 1. The van der Waals surface area contributed by atoms with Crippen LogP contribution in [0.5, 0.6) is 0 Å². The Kier molecular flexibility index (Phi) is 3.04. The molecule has 17 heavy (non-hydrogen) atoms. The van der Waals surface area contributed by atoms with E-state index in [1.54, 1.807) is 36.3 Å². The first kappa shape index (κ1) is 11.1. The predicted molar refractivity (Wildman–Crippen MR) is 61.7 cm³/mol. The molecule has 88 valence electrons. The number of hydrogen-bond donors (Lipinski definition) is 1. The highest BCUT2D eigenvalue weighted by Gasteiger charge is 2.15. The van der Waals surface area contributed by atoms with Crippen LogP contribution in [-0.2, 0) is 4.74 Å². The molecule has 0 aliphatic rings. The zero-order valence-electron chi connectivity index (χ0n) is 9.33. The molecule has 0 bridgehead atoms. The molecule has 0 radical (unpaired) electrons. The van der Waals surface area contributed by atoms with E-state index < -0.39 is 5.97 Å². The van der Waals surface area contributed by atoms with Gasteiger partial charge in [0, 0.05) is 12.4 Å². The van der Waals surface area contributed by atoms with E-state index in [0.29, 0.717) is 23.7 Å². The summed E-state index contributed by atoms with van der Waals surface area (Å²) in [7, 11) is 0. The fourth-order valence-corrected chi connectivity index (χ4v) is 1.42. The van der Waals surface area contributed by atoms with Gasteiger partial charge in [0.05, 0.1) is 18.5 Å². The maximum absolute atomic E-state index is 11.8. The van der Waals surface area contributed by atoms with Crippen LogP contribution < -0.4 is 5.73 Å². The van der Waals surface area contributed by atoms with Crippen molar-refractivity contribution < 1.29 is 9.53 Å². The SMILES string of the molecule is CCOC(=O)c1cc(N)cnc1-n1ccnc1. The lowest BCUT2D eigenvalue weighted by atomic mass is 10.2. The summed E-state index contributed by atoms with van der Waals surface area (Å²) in [5.74, 6) is 0.00569. The van der Waals surface area contributed by atoms with Crippen LogP contribution in [0.4, 0.5) is 5.69 Å². The van der Waals surface area contributed by atoms with Gasteiger partial charge in [-0.05, 0) is 13.0 Å². The van der Waals surface area contributed by atoms with E-state index in [9.17, 15) is 4.79 Å². The van der Waals surface area contributed by atoms with E-state index in [-0.39, 0.29) is 0 Å². The molecule has 0 atom stereocenters. The van der Waals surface area contributed by atoms with E-state index >= 15 is 0 Å². The van der Waals surface area contributed by atoms with Crippen molar-refractivity contribution in [2.75, 3.05) is 12.3 Å². The van der Waals surface area contributed by atoms with Crippen molar-refractivity contribution in [1.29, 1.82) is 0 Å². The van der Waals surface area contributed by atoms with Gasteiger partial charge < -0.3 is 10.5 Å². The Balaban J connectivity index is 2.48. The molecule has 2 aromatic rings. The number of carbonyl (C=O) groups excluding carboxylic acids is 1. The molecule has 0 saturated carbocycles. The summed E-state index contributed by atoms with van der Waals surface area (Å²) in [4.78, 5) is 19.8. The minimum atomic E-state index is -0.448. The number of rotatable bonds is 3. The first-order valence-electron chi connectivity index (χ1n) is 5.13. The molecule has 2 rings (SSSR count). The Morgan fingerprint density at radius 2 is 2.41 bits per heavy atom. The largest absolute Gasteiger partial charge is 0.462 e. The van der Waals surface area contributed by atoms with Gasteiger partial charge in [0.1, 0.15) is 11.9 Å². The highest BCUT2D eigenvalue weighted by Crippen LogP contribution is 2.15. The number of pyridine rings is 1. The molecule has 2 aromatic heterocycles. The molecule has 2 heterocycles. The molecule has 0 spiro atoms. The number of nitrogen functional groups attached to an aromatic ring is 1. The maximum atomic E-state index is 11.8. The zero-order valence-corrected chi connectivity index (χ0v) is 9.33. The fourth-order valence-electron chi connectivity index (χ4n) is 1.42. The van der Waals surface area contributed by atoms with E-state index in [1.165, 1.54) is 6.20 Å². The van der Waals surface area contributed by atoms with Gasteiger partial charge >= 0.3 is 5.97 Å². The van der Waals surface area contributed by atoms with E-state index in [4.69, 9.17) is 10.5 Å². The molecule has 0 saturated heterocycles. The quantitative estimate of drug-likeness (QED) is 0.799. The summed E-state index contributed by atoms with van der Waals surface area (Å²) in [6.07, 6.45) is 6.34. The molecule has 0 amide bonds. The third-order valence-corrected chi connectivity index (χ3v) is 2.13. The van der Waals surface area contributed by atoms with Crippen LogP contribution in [0.1, 0.15) is 17.3 Å². The van der Waals surface area contributed by atoms with E-state index in [0.717, 1.165) is 0 Å². The predicted octanol–water partition coefficient (Wildman–Crippen LogP) is 1.03. The molecule has 6 heteroatoms. The molecule has 0 aliphatic heterocycles. The maximum Gasteiger partial charge on any atom is 0.342 e. The van der Waals surface area contributed by atoms with Crippen molar-refractivity contribution in [2.45, 2.75) is 6.92 Å². The van der Waals surface area contributed by atoms with Gasteiger partial charge in [-0.15, -0.1) is 0 Å². The number of carbonyl (C=O) groups is 1. The molecular formula is C11H12N4O2. The summed E-state index contributed by atoms with van der Waals surface area (Å²) >= 11 is 0. The highest BCUT2D eigenvalue weighted by atomic mass is 16.5. The smallest absolute Gasteiger partial charge is 0.342 e. The minimum absolute atomic E-state index is 0.303. The average molecular weight is 232 g/mol. The van der Waals surface area contributed by atoms with Gasteiger partial charge in [0.25, 0.3) is 0 Å². The zero-order chi connectivity index (χ0) is 12.3. The van der Waals surface area contributed by atoms with Gasteiger partial charge in [-0.1, -0.05) is 0 Å². The Bertz CT molecular complexity index is 522. The third kappa shape index (κ3) is 2.25. The van der Waals surface area contributed by atoms with Crippen LogP contribution in [0.2, 0.25) is 0 Å². The number of anilines is 1. The lowest BCUT2D eigenvalue weighted by Crippen LogP contribution is -2.11. The summed E-state index contributed by atoms with van der Waals surface area (Å²) in [5.41, 5.74) is 6.36. The Morgan fingerprint density at radius 3 is 3.06 bits per heavy atom. The van der Waals surface area contributed by atoms with Crippen molar-refractivity contribution >= 4 is 11.7 Å². The van der Waals surface area contributed by atoms with Crippen molar-refractivity contribution in [1.82, 2.24) is 14.5 Å².